The molecule has 0 atom stereocenters. The van der Waals surface area contributed by atoms with Gasteiger partial charge in [0.25, 0.3) is 5.69 Å². The third kappa shape index (κ3) is 4.30. The smallest absolute Gasteiger partial charge is 0.345 e. The van der Waals surface area contributed by atoms with Crippen LogP contribution in [0.1, 0.15) is 10.6 Å². The van der Waals surface area contributed by atoms with Gasteiger partial charge in [-0.2, -0.15) is 5.26 Å². The molecule has 0 amide bonds. The Morgan fingerprint density at radius 2 is 2.12 bits per heavy atom. The number of nitro benzene ring substituents is 1. The fourth-order valence-electron chi connectivity index (χ4n) is 3.01. The number of hydrogen-bond donors (Lipinski definition) is 1. The summed E-state index contributed by atoms with van der Waals surface area (Å²) in [6.45, 7) is 1.73. The lowest BCUT2D eigenvalue weighted by atomic mass is 10.1. The van der Waals surface area contributed by atoms with Crippen molar-refractivity contribution in [1.82, 2.24) is 4.98 Å². The highest BCUT2D eigenvalue weighted by Crippen LogP contribution is 2.28. The van der Waals surface area contributed by atoms with Gasteiger partial charge in [-0.1, -0.05) is 15.9 Å². The van der Waals surface area contributed by atoms with Gasteiger partial charge >= 0.3 is 5.63 Å². The predicted octanol–water partition coefficient (Wildman–Crippen LogP) is 5.87. The number of halogens is 1. The first-order valence-corrected chi connectivity index (χ1v) is 10.8. The van der Waals surface area contributed by atoms with Gasteiger partial charge in [0.15, 0.2) is 0 Å². The van der Waals surface area contributed by atoms with Crippen molar-refractivity contribution in [2.45, 2.75) is 6.92 Å². The number of aromatic nitrogens is 1. The number of thiazole rings is 1. The van der Waals surface area contributed by atoms with Crippen LogP contribution in [0.25, 0.3) is 27.8 Å². The Morgan fingerprint density at radius 1 is 1.31 bits per heavy atom. The molecule has 32 heavy (non-hydrogen) atoms. The summed E-state index contributed by atoms with van der Waals surface area (Å²) in [6, 6.07) is 13.5. The van der Waals surface area contributed by atoms with Crippen LogP contribution in [0.3, 0.4) is 0 Å². The minimum Gasteiger partial charge on any atom is -0.422 e. The number of nitro groups is 1. The summed E-state index contributed by atoms with van der Waals surface area (Å²) in [5.41, 5.74) is 2.20. The molecule has 2 aromatic heterocycles. The maximum absolute atomic E-state index is 12.4. The molecule has 0 bridgehead atoms. The monoisotopic (exact) mass is 508 g/mol. The predicted molar refractivity (Wildman–Crippen MR) is 126 cm³/mol. The van der Waals surface area contributed by atoms with Gasteiger partial charge in [-0.3, -0.25) is 10.1 Å². The van der Waals surface area contributed by atoms with Gasteiger partial charge in [-0.15, -0.1) is 11.3 Å². The highest BCUT2D eigenvalue weighted by Gasteiger charge is 2.14. The maximum atomic E-state index is 12.4. The van der Waals surface area contributed by atoms with E-state index in [1.165, 1.54) is 29.7 Å². The Balaban J connectivity index is 1.64. The second kappa shape index (κ2) is 8.74. The fraction of sp³-hybridized carbons (Fsp3) is 0.0455. The largest absolute Gasteiger partial charge is 0.422 e. The minimum absolute atomic E-state index is 0.0108. The van der Waals surface area contributed by atoms with Gasteiger partial charge in [0.1, 0.15) is 22.2 Å². The number of hydrogen-bond acceptors (Lipinski definition) is 8. The van der Waals surface area contributed by atoms with Crippen LogP contribution in [0.2, 0.25) is 0 Å². The molecular formula is C22H13BrN4O4S. The number of rotatable bonds is 5. The van der Waals surface area contributed by atoms with Crippen LogP contribution in [0.15, 0.2) is 67.7 Å². The number of nitrogens with zero attached hydrogens (tertiary/aromatic N) is 3. The lowest BCUT2D eigenvalue weighted by Gasteiger charge is -2.05. The summed E-state index contributed by atoms with van der Waals surface area (Å²) in [4.78, 5) is 27.3. The molecule has 0 fully saturated rings. The van der Waals surface area contributed by atoms with E-state index in [0.717, 1.165) is 9.86 Å². The van der Waals surface area contributed by atoms with Crippen LogP contribution in [0.4, 0.5) is 11.4 Å². The second-order valence-corrected chi connectivity index (χ2v) is 8.51. The summed E-state index contributed by atoms with van der Waals surface area (Å²) in [5.74, 6) is 0. The normalized spacial score (nSPS) is 11.3. The first-order chi connectivity index (χ1) is 15.4. The molecule has 0 aliphatic carbocycles. The van der Waals surface area contributed by atoms with Crippen molar-refractivity contribution in [3.8, 4) is 17.3 Å². The van der Waals surface area contributed by atoms with Crippen LogP contribution in [0, 0.1) is 28.4 Å². The number of benzene rings is 2. The van der Waals surface area contributed by atoms with E-state index < -0.39 is 10.5 Å². The fourth-order valence-corrected chi connectivity index (χ4v) is 4.17. The summed E-state index contributed by atoms with van der Waals surface area (Å²) < 4.78 is 6.24. The van der Waals surface area contributed by atoms with E-state index in [1.807, 2.05) is 6.07 Å². The van der Waals surface area contributed by atoms with Crippen molar-refractivity contribution in [3.05, 3.63) is 89.6 Å². The first kappa shape index (κ1) is 21.4. The molecular weight excluding hydrogens is 496 g/mol. The summed E-state index contributed by atoms with van der Waals surface area (Å²) in [7, 11) is 0. The van der Waals surface area contributed by atoms with E-state index in [1.54, 1.807) is 36.6 Å². The van der Waals surface area contributed by atoms with Crippen molar-refractivity contribution >= 4 is 55.2 Å². The van der Waals surface area contributed by atoms with Crippen molar-refractivity contribution in [3.63, 3.8) is 0 Å². The molecule has 0 aliphatic rings. The average molecular weight is 509 g/mol. The number of nitriles is 1. The van der Waals surface area contributed by atoms with Gasteiger partial charge in [-0.25, -0.2) is 9.78 Å². The quantitative estimate of drug-likeness (QED) is 0.154. The highest BCUT2D eigenvalue weighted by molar-refractivity contribution is 9.10. The van der Waals surface area contributed by atoms with Crippen LogP contribution >= 0.6 is 27.3 Å². The molecule has 8 nitrogen and oxygen atoms in total. The molecule has 4 rings (SSSR count). The number of non-ortho nitro benzene ring substituents is 1. The van der Waals surface area contributed by atoms with E-state index in [9.17, 15) is 20.2 Å². The maximum Gasteiger partial charge on any atom is 0.345 e. The first-order valence-electron chi connectivity index (χ1n) is 9.17. The molecule has 10 heteroatoms. The third-order valence-corrected chi connectivity index (χ3v) is 5.99. The Labute approximate surface area is 193 Å². The van der Waals surface area contributed by atoms with E-state index in [2.05, 4.69) is 32.3 Å². The van der Waals surface area contributed by atoms with Crippen molar-refractivity contribution in [1.29, 1.82) is 5.26 Å². The highest BCUT2D eigenvalue weighted by atomic mass is 79.9. The summed E-state index contributed by atoms with van der Waals surface area (Å²) in [5, 5.41) is 26.3. The van der Waals surface area contributed by atoms with Crippen LogP contribution in [0.5, 0.6) is 0 Å². The Hall–Kier alpha value is -3.81. The van der Waals surface area contributed by atoms with Gasteiger partial charge in [0, 0.05) is 39.3 Å². The van der Waals surface area contributed by atoms with Gasteiger partial charge < -0.3 is 9.73 Å². The zero-order valence-corrected chi connectivity index (χ0v) is 18.9. The lowest BCUT2D eigenvalue weighted by molar-refractivity contribution is -0.384. The number of fused-ring (bicyclic) bond motifs is 1. The Morgan fingerprint density at radius 3 is 2.84 bits per heavy atom. The van der Waals surface area contributed by atoms with E-state index >= 15 is 0 Å². The van der Waals surface area contributed by atoms with Gasteiger partial charge in [0.2, 0.25) is 0 Å². The molecule has 2 aromatic carbocycles. The molecule has 1 N–H and O–H groups in total. The number of aryl methyl sites for hydroxylation is 1. The Kier molecular flexibility index (Phi) is 5.85. The molecule has 0 unspecified atom stereocenters. The molecule has 0 radical (unpaired) electrons. The summed E-state index contributed by atoms with van der Waals surface area (Å²) in [6.07, 6.45) is 1.48. The van der Waals surface area contributed by atoms with E-state index in [-0.39, 0.29) is 11.3 Å². The minimum atomic E-state index is -0.515. The molecule has 158 valence electrons. The molecule has 0 saturated carbocycles. The van der Waals surface area contributed by atoms with Gasteiger partial charge in [-0.05, 0) is 42.8 Å². The standard InChI is InChI=1S/C22H13BrN4O4S/c1-12-6-16(27(29)30)3-4-18(12)25-10-14(9-24)21-26-19(11-32-21)17-8-13-7-15(23)2-5-20(13)31-22(17)28/h2-8,10-11,25H,1H3. The van der Waals surface area contributed by atoms with Crippen molar-refractivity contribution < 1.29 is 9.34 Å². The zero-order chi connectivity index (χ0) is 22.8. The summed E-state index contributed by atoms with van der Waals surface area (Å²) >= 11 is 4.62. The topological polar surface area (TPSA) is 122 Å². The molecule has 0 aliphatic heterocycles. The lowest BCUT2D eigenvalue weighted by Crippen LogP contribution is -2.03. The zero-order valence-electron chi connectivity index (χ0n) is 16.5. The van der Waals surface area contributed by atoms with E-state index in [4.69, 9.17) is 4.42 Å². The second-order valence-electron chi connectivity index (χ2n) is 6.74. The molecule has 4 aromatic rings. The molecule has 0 spiro atoms. The number of anilines is 1. The molecule has 2 heterocycles. The number of allylic oxidation sites excluding steroid dienone is 1. The molecule has 0 saturated heterocycles. The van der Waals surface area contributed by atoms with Crippen molar-refractivity contribution in [2.24, 2.45) is 0 Å². The van der Waals surface area contributed by atoms with Crippen molar-refractivity contribution in [2.75, 3.05) is 5.32 Å². The average Bonchev–Trinajstić information content (AvgIpc) is 3.24. The van der Waals surface area contributed by atoms with Crippen LogP contribution < -0.4 is 10.9 Å². The van der Waals surface area contributed by atoms with E-state index in [0.29, 0.717) is 33.1 Å². The Bertz CT molecular complexity index is 1500. The third-order valence-electron chi connectivity index (χ3n) is 4.62. The SMILES string of the molecule is Cc1cc([N+](=O)[O-])ccc1NC=C(C#N)c1nc(-c2cc3cc(Br)ccc3oc2=O)cs1. The van der Waals surface area contributed by atoms with Gasteiger partial charge in [0.05, 0.1) is 16.2 Å². The van der Waals surface area contributed by atoms with Crippen LogP contribution in [-0.2, 0) is 0 Å². The van der Waals surface area contributed by atoms with Crippen LogP contribution in [-0.4, -0.2) is 9.91 Å². The number of nitrogens with one attached hydrogen (secondary N) is 1.